The quantitative estimate of drug-likeness (QED) is 0.334. The molecule has 112 valence electrons. The monoisotopic (exact) mass is 441 g/mol. The van der Waals surface area contributed by atoms with Gasteiger partial charge >= 0.3 is 0 Å². The fourth-order valence-corrected chi connectivity index (χ4v) is 5.61. The molecule has 0 aromatic heterocycles. The zero-order valence-electron chi connectivity index (χ0n) is 11.4. The molecule has 0 saturated carbocycles. The average molecular weight is 441 g/mol. The molecule has 1 aromatic rings. The molecule has 6 heteroatoms. The molecule has 2 rings (SSSR count). The van der Waals surface area contributed by atoms with E-state index in [1.807, 2.05) is 30.5 Å². The third-order valence-corrected chi connectivity index (χ3v) is 6.87. The molecule has 1 aliphatic heterocycles. The summed E-state index contributed by atoms with van der Waals surface area (Å²) < 4.78 is 5.36. The number of ether oxygens (including phenoxy) is 1. The molecule has 1 saturated heterocycles. The van der Waals surface area contributed by atoms with Gasteiger partial charge in [0.2, 0.25) is 0 Å². The average Bonchev–Trinajstić information content (AvgIpc) is 2.50. The van der Waals surface area contributed by atoms with Crippen LogP contribution in [0.3, 0.4) is 0 Å². The van der Waals surface area contributed by atoms with E-state index in [2.05, 4.69) is 50.4 Å². The molecule has 1 fully saturated rings. The molecular weight excluding hydrogens is 421 g/mol. The predicted octanol–water partition coefficient (Wildman–Crippen LogP) is 4.48. The SMILES string of the molecule is ISCc1ccccc1CSSCCN1CCOCC1. The summed E-state index contributed by atoms with van der Waals surface area (Å²) in [7, 11) is 5.84. The zero-order valence-corrected chi connectivity index (χ0v) is 16.0. The summed E-state index contributed by atoms with van der Waals surface area (Å²) in [5, 5.41) is 0. The van der Waals surface area contributed by atoms with Crippen LogP contribution in [0, 0.1) is 0 Å². The van der Waals surface area contributed by atoms with Gasteiger partial charge in [0.05, 0.1) is 13.2 Å². The molecule has 0 atom stereocenters. The Morgan fingerprint density at radius 1 is 1.05 bits per heavy atom. The van der Waals surface area contributed by atoms with Crippen LogP contribution in [-0.2, 0) is 16.2 Å². The van der Waals surface area contributed by atoms with Crippen molar-refractivity contribution in [2.24, 2.45) is 0 Å². The minimum Gasteiger partial charge on any atom is -0.379 e. The first-order valence-corrected chi connectivity index (χ1v) is 12.8. The Morgan fingerprint density at radius 3 is 2.45 bits per heavy atom. The van der Waals surface area contributed by atoms with E-state index in [4.69, 9.17) is 4.74 Å². The fourth-order valence-electron chi connectivity index (χ4n) is 2.05. The van der Waals surface area contributed by atoms with Crippen molar-refractivity contribution in [3.8, 4) is 0 Å². The minimum absolute atomic E-state index is 0.902. The van der Waals surface area contributed by atoms with Crippen LogP contribution in [-0.4, -0.2) is 43.5 Å². The maximum Gasteiger partial charge on any atom is 0.0594 e. The Kier molecular flexibility index (Phi) is 9.17. The van der Waals surface area contributed by atoms with E-state index in [-0.39, 0.29) is 0 Å². The van der Waals surface area contributed by atoms with Crippen molar-refractivity contribution in [3.63, 3.8) is 0 Å². The second kappa shape index (κ2) is 10.6. The summed E-state index contributed by atoms with van der Waals surface area (Å²) in [4.78, 5) is 2.50. The predicted molar refractivity (Wildman–Crippen MR) is 103 cm³/mol. The summed E-state index contributed by atoms with van der Waals surface area (Å²) in [5.74, 6) is 3.42. The van der Waals surface area contributed by atoms with Gasteiger partial charge in [-0.25, -0.2) is 0 Å². The molecule has 20 heavy (non-hydrogen) atoms. The molecular formula is C14H20INOS3. The van der Waals surface area contributed by atoms with Gasteiger partial charge in [-0.05, 0) is 32.3 Å². The van der Waals surface area contributed by atoms with Gasteiger partial charge < -0.3 is 4.74 Å². The summed E-state index contributed by atoms with van der Waals surface area (Å²) in [6, 6.07) is 8.80. The Labute approximate surface area is 146 Å². The van der Waals surface area contributed by atoms with E-state index in [1.54, 1.807) is 0 Å². The molecule has 2 nitrogen and oxygen atoms in total. The van der Waals surface area contributed by atoms with E-state index >= 15 is 0 Å². The summed E-state index contributed by atoms with van der Waals surface area (Å²) in [6.45, 7) is 5.19. The van der Waals surface area contributed by atoms with Crippen molar-refractivity contribution in [1.82, 2.24) is 4.90 Å². The van der Waals surface area contributed by atoms with Gasteiger partial charge in [-0.3, -0.25) is 4.90 Å². The minimum atomic E-state index is 0.902. The highest BCUT2D eigenvalue weighted by Crippen LogP contribution is 2.29. The van der Waals surface area contributed by atoms with Crippen LogP contribution < -0.4 is 0 Å². The first-order chi connectivity index (χ1) is 9.90. The van der Waals surface area contributed by atoms with Crippen LogP contribution in [0.4, 0.5) is 0 Å². The third kappa shape index (κ3) is 6.36. The molecule has 0 radical (unpaired) electrons. The van der Waals surface area contributed by atoms with Gasteiger partial charge in [-0.1, -0.05) is 54.8 Å². The highest BCUT2D eigenvalue weighted by molar-refractivity contribution is 14.2. The van der Waals surface area contributed by atoms with Crippen molar-refractivity contribution in [2.75, 3.05) is 38.6 Å². The lowest BCUT2D eigenvalue weighted by Gasteiger charge is -2.26. The van der Waals surface area contributed by atoms with Crippen molar-refractivity contribution in [1.29, 1.82) is 0 Å². The maximum atomic E-state index is 5.36. The van der Waals surface area contributed by atoms with Crippen LogP contribution in [0.25, 0.3) is 0 Å². The fraction of sp³-hybridized carbons (Fsp3) is 0.571. The van der Waals surface area contributed by atoms with Crippen molar-refractivity contribution in [2.45, 2.75) is 11.5 Å². The number of halogens is 1. The lowest BCUT2D eigenvalue weighted by Crippen LogP contribution is -2.37. The molecule has 0 bridgehead atoms. The lowest BCUT2D eigenvalue weighted by molar-refractivity contribution is 0.0410. The van der Waals surface area contributed by atoms with Crippen LogP contribution >= 0.6 is 51.7 Å². The number of nitrogens with zero attached hydrogens (tertiary/aromatic N) is 1. The second-order valence-corrected chi connectivity index (χ2v) is 9.52. The van der Waals surface area contributed by atoms with Gasteiger partial charge in [0.25, 0.3) is 0 Å². The Hall–Kier alpha value is 0.920. The van der Waals surface area contributed by atoms with Crippen molar-refractivity contribution < 1.29 is 4.74 Å². The van der Waals surface area contributed by atoms with Gasteiger partial charge in [0, 0.05) is 36.9 Å². The van der Waals surface area contributed by atoms with Crippen LogP contribution in [0.2, 0.25) is 0 Å². The van der Waals surface area contributed by atoms with Gasteiger partial charge in [-0.15, -0.1) is 0 Å². The number of hydrogen-bond acceptors (Lipinski definition) is 5. The highest BCUT2D eigenvalue weighted by Gasteiger charge is 2.09. The normalized spacial score (nSPS) is 16.4. The molecule has 0 N–H and O–H groups in total. The second-order valence-electron chi connectivity index (χ2n) is 4.56. The largest absolute Gasteiger partial charge is 0.379 e. The van der Waals surface area contributed by atoms with E-state index in [0.717, 1.165) is 37.8 Å². The molecule has 0 amide bonds. The first kappa shape index (κ1) is 17.3. The molecule has 1 aromatic carbocycles. The Bertz CT molecular complexity index is 388. The molecule has 0 unspecified atom stereocenters. The molecule has 0 aliphatic carbocycles. The van der Waals surface area contributed by atoms with E-state index in [0.29, 0.717) is 0 Å². The lowest BCUT2D eigenvalue weighted by atomic mass is 10.1. The van der Waals surface area contributed by atoms with E-state index in [9.17, 15) is 0 Å². The Balaban J connectivity index is 1.63. The van der Waals surface area contributed by atoms with Gasteiger partial charge in [0.1, 0.15) is 0 Å². The van der Waals surface area contributed by atoms with E-state index < -0.39 is 0 Å². The van der Waals surface area contributed by atoms with Crippen LogP contribution in [0.15, 0.2) is 24.3 Å². The maximum absolute atomic E-state index is 5.36. The number of rotatable bonds is 8. The third-order valence-electron chi connectivity index (χ3n) is 3.22. The summed E-state index contributed by atoms with van der Waals surface area (Å²) in [6.07, 6.45) is 0. The number of morpholine rings is 1. The zero-order chi connectivity index (χ0) is 14.0. The Morgan fingerprint density at radius 2 is 1.75 bits per heavy atom. The van der Waals surface area contributed by atoms with Gasteiger partial charge in [0.15, 0.2) is 0 Å². The van der Waals surface area contributed by atoms with Crippen LogP contribution in [0.1, 0.15) is 11.1 Å². The van der Waals surface area contributed by atoms with E-state index in [1.165, 1.54) is 23.4 Å². The van der Waals surface area contributed by atoms with Crippen molar-refractivity contribution >= 4 is 51.7 Å². The van der Waals surface area contributed by atoms with Gasteiger partial charge in [-0.2, -0.15) is 0 Å². The standard InChI is InChI=1S/C14H20INOS3/c15-18-11-13-3-1-2-4-14(13)12-20-19-10-7-16-5-8-17-9-6-16/h1-4H,5-12H2. The molecule has 1 aliphatic rings. The first-order valence-electron chi connectivity index (χ1n) is 6.75. The smallest absolute Gasteiger partial charge is 0.0594 e. The highest BCUT2D eigenvalue weighted by atomic mass is 127. The summed E-state index contributed by atoms with van der Waals surface area (Å²) >= 11 is 2.37. The number of benzene rings is 1. The summed E-state index contributed by atoms with van der Waals surface area (Å²) in [5.41, 5.74) is 2.97. The molecule has 0 spiro atoms. The number of hydrogen-bond donors (Lipinski definition) is 0. The van der Waals surface area contributed by atoms with Crippen molar-refractivity contribution in [3.05, 3.63) is 35.4 Å². The molecule has 1 heterocycles. The van der Waals surface area contributed by atoms with Crippen LogP contribution in [0.5, 0.6) is 0 Å². The topological polar surface area (TPSA) is 12.5 Å².